The van der Waals surface area contributed by atoms with Crippen LogP contribution in [-0.2, 0) is 10.0 Å². The average Bonchev–Trinajstić information content (AvgIpc) is 3.13. The summed E-state index contributed by atoms with van der Waals surface area (Å²) in [5, 5.41) is 8.99. The zero-order chi connectivity index (χ0) is 18.9. The Bertz CT molecular complexity index is 924. The zero-order valence-corrected chi connectivity index (χ0v) is 15.7. The van der Waals surface area contributed by atoms with Crippen LogP contribution in [0, 0.1) is 0 Å². The minimum absolute atomic E-state index is 0.00425. The molecule has 1 aromatic heterocycles. The number of hydrogen-bond donors (Lipinski definition) is 1. The minimum atomic E-state index is -3.79. The van der Waals surface area contributed by atoms with Crippen LogP contribution in [0.1, 0.15) is 27.0 Å². The number of benzene rings is 1. The van der Waals surface area contributed by atoms with Gasteiger partial charge in [-0.1, -0.05) is 18.2 Å². The number of hydrogen-bond acceptors (Lipinski definition) is 5. The van der Waals surface area contributed by atoms with Crippen molar-refractivity contribution >= 4 is 33.2 Å². The highest BCUT2D eigenvalue weighted by Crippen LogP contribution is 2.28. The van der Waals surface area contributed by atoms with Gasteiger partial charge in [-0.15, -0.1) is 11.3 Å². The average molecular weight is 394 g/mol. The number of carboxylic acid groups (broad SMARTS) is 1. The molecule has 1 N–H and O–H groups in total. The van der Waals surface area contributed by atoms with Crippen molar-refractivity contribution in [2.45, 2.75) is 17.2 Å². The largest absolute Gasteiger partial charge is 0.477 e. The van der Waals surface area contributed by atoms with E-state index in [1.165, 1.54) is 16.4 Å². The summed E-state index contributed by atoms with van der Waals surface area (Å²) in [5.74, 6) is -1.28. The van der Waals surface area contributed by atoms with Gasteiger partial charge < -0.3 is 10.0 Å². The Balaban J connectivity index is 1.76. The first kappa shape index (κ1) is 18.6. The van der Waals surface area contributed by atoms with E-state index in [2.05, 4.69) is 0 Å². The first-order valence-corrected chi connectivity index (χ1v) is 10.3. The topological polar surface area (TPSA) is 95.0 Å². The van der Waals surface area contributed by atoms with Crippen LogP contribution in [0.15, 0.2) is 46.7 Å². The molecule has 0 saturated carbocycles. The fraction of sp³-hybridized carbons (Fsp3) is 0.294. The van der Waals surface area contributed by atoms with E-state index in [4.69, 9.17) is 5.11 Å². The lowest BCUT2D eigenvalue weighted by Gasteiger charge is -2.38. The van der Waals surface area contributed by atoms with Gasteiger partial charge >= 0.3 is 5.97 Å². The van der Waals surface area contributed by atoms with E-state index in [-0.39, 0.29) is 34.6 Å². The van der Waals surface area contributed by atoms with Crippen LogP contribution in [0.5, 0.6) is 0 Å². The number of rotatable bonds is 4. The molecule has 1 aromatic carbocycles. The van der Waals surface area contributed by atoms with Crippen LogP contribution >= 0.6 is 11.3 Å². The number of carbonyl (C=O) groups is 2. The van der Waals surface area contributed by atoms with Gasteiger partial charge in [0.05, 0.1) is 0 Å². The van der Waals surface area contributed by atoms with Crippen LogP contribution in [0.2, 0.25) is 0 Å². The molecule has 3 rings (SSSR count). The number of aromatic carboxylic acids is 1. The Hall–Kier alpha value is -2.23. The molecule has 2 aromatic rings. The Morgan fingerprint density at radius 2 is 1.81 bits per heavy atom. The predicted octanol–water partition coefficient (Wildman–Crippen LogP) is 1.98. The summed E-state index contributed by atoms with van der Waals surface area (Å²) in [4.78, 5) is 25.2. The Kier molecular flexibility index (Phi) is 5.12. The SMILES string of the molecule is CC1CN(C(=O)c2ccccc2)CCN1S(=O)(=O)c1ccc(C(=O)O)s1. The second kappa shape index (κ2) is 7.18. The fourth-order valence-electron chi connectivity index (χ4n) is 2.94. The first-order chi connectivity index (χ1) is 12.3. The number of sulfonamides is 1. The summed E-state index contributed by atoms with van der Waals surface area (Å²) in [6, 6.07) is 11.1. The molecule has 9 heteroatoms. The van der Waals surface area contributed by atoms with E-state index in [1.54, 1.807) is 36.1 Å². The standard InChI is InChI=1S/C17H18N2O5S2/c1-12-11-18(16(20)13-5-3-2-4-6-13)9-10-19(12)26(23,24)15-8-7-14(25-15)17(21)22/h2-8,12H,9-11H2,1H3,(H,21,22). The first-order valence-electron chi connectivity index (χ1n) is 8.00. The molecule has 1 fully saturated rings. The van der Waals surface area contributed by atoms with Crippen LogP contribution in [-0.4, -0.2) is 60.3 Å². The summed E-state index contributed by atoms with van der Waals surface area (Å²) in [7, 11) is -3.79. The number of carbonyl (C=O) groups excluding carboxylic acids is 1. The molecule has 26 heavy (non-hydrogen) atoms. The van der Waals surface area contributed by atoms with Gasteiger partial charge in [0.15, 0.2) is 0 Å². The second-order valence-electron chi connectivity index (χ2n) is 6.01. The molecule has 1 unspecified atom stereocenters. The van der Waals surface area contributed by atoms with Gasteiger partial charge in [0.2, 0.25) is 0 Å². The molecular weight excluding hydrogens is 376 g/mol. The molecule has 0 bridgehead atoms. The van der Waals surface area contributed by atoms with E-state index < -0.39 is 22.0 Å². The van der Waals surface area contributed by atoms with Crippen molar-refractivity contribution in [3.05, 3.63) is 52.9 Å². The quantitative estimate of drug-likeness (QED) is 0.856. The van der Waals surface area contributed by atoms with Gasteiger partial charge in [0, 0.05) is 31.2 Å². The summed E-state index contributed by atoms with van der Waals surface area (Å²) in [6.07, 6.45) is 0. The summed E-state index contributed by atoms with van der Waals surface area (Å²) in [6.45, 7) is 2.48. The Morgan fingerprint density at radius 3 is 2.38 bits per heavy atom. The van der Waals surface area contributed by atoms with Gasteiger partial charge in [-0.05, 0) is 31.2 Å². The van der Waals surface area contributed by atoms with Crippen LogP contribution in [0.25, 0.3) is 0 Å². The molecule has 0 aliphatic carbocycles. The maximum absolute atomic E-state index is 12.8. The van der Waals surface area contributed by atoms with E-state index in [0.29, 0.717) is 5.56 Å². The van der Waals surface area contributed by atoms with Gasteiger partial charge in [-0.2, -0.15) is 4.31 Å². The van der Waals surface area contributed by atoms with E-state index in [1.807, 2.05) is 6.07 Å². The predicted molar refractivity (Wildman–Crippen MR) is 97.0 cm³/mol. The lowest BCUT2D eigenvalue weighted by molar-refractivity contribution is 0.0641. The molecule has 1 amide bonds. The van der Waals surface area contributed by atoms with E-state index in [0.717, 1.165) is 11.3 Å². The third kappa shape index (κ3) is 3.50. The van der Waals surface area contributed by atoms with Crippen LogP contribution in [0.4, 0.5) is 0 Å². The fourth-order valence-corrected chi connectivity index (χ4v) is 5.82. The lowest BCUT2D eigenvalue weighted by Crippen LogP contribution is -2.55. The lowest BCUT2D eigenvalue weighted by atomic mass is 10.1. The molecule has 2 heterocycles. The third-order valence-corrected chi connectivity index (χ3v) is 7.78. The number of thiophene rings is 1. The van der Waals surface area contributed by atoms with Crippen molar-refractivity contribution in [3.63, 3.8) is 0 Å². The van der Waals surface area contributed by atoms with Gasteiger partial charge in [0.1, 0.15) is 9.09 Å². The monoisotopic (exact) mass is 394 g/mol. The highest BCUT2D eigenvalue weighted by Gasteiger charge is 2.36. The highest BCUT2D eigenvalue weighted by atomic mass is 32.2. The van der Waals surface area contributed by atoms with Crippen LogP contribution in [0.3, 0.4) is 0 Å². The minimum Gasteiger partial charge on any atom is -0.477 e. The molecule has 7 nitrogen and oxygen atoms in total. The van der Waals surface area contributed by atoms with Crippen molar-refractivity contribution in [2.24, 2.45) is 0 Å². The molecular formula is C17H18N2O5S2. The summed E-state index contributed by atoms with van der Waals surface area (Å²) < 4.78 is 27.0. The normalized spacial score (nSPS) is 18.7. The number of carboxylic acids is 1. The Labute approximate surface area is 155 Å². The molecule has 0 radical (unpaired) electrons. The highest BCUT2D eigenvalue weighted by molar-refractivity contribution is 7.91. The number of piperazine rings is 1. The summed E-state index contributed by atoms with van der Waals surface area (Å²) in [5.41, 5.74) is 0.570. The van der Waals surface area contributed by atoms with Crippen LogP contribution < -0.4 is 0 Å². The van der Waals surface area contributed by atoms with Gasteiger partial charge in [-0.3, -0.25) is 4.79 Å². The van der Waals surface area contributed by atoms with E-state index in [9.17, 15) is 18.0 Å². The Morgan fingerprint density at radius 1 is 1.12 bits per heavy atom. The molecule has 1 saturated heterocycles. The van der Waals surface area contributed by atoms with Crippen molar-refractivity contribution in [1.82, 2.24) is 9.21 Å². The number of nitrogens with zero attached hydrogens (tertiary/aromatic N) is 2. The van der Waals surface area contributed by atoms with E-state index >= 15 is 0 Å². The van der Waals surface area contributed by atoms with Crippen molar-refractivity contribution in [2.75, 3.05) is 19.6 Å². The summed E-state index contributed by atoms with van der Waals surface area (Å²) >= 11 is 0.738. The van der Waals surface area contributed by atoms with Crippen molar-refractivity contribution in [3.8, 4) is 0 Å². The molecule has 138 valence electrons. The molecule has 0 spiro atoms. The maximum Gasteiger partial charge on any atom is 0.345 e. The number of amides is 1. The van der Waals surface area contributed by atoms with Crippen molar-refractivity contribution in [1.29, 1.82) is 0 Å². The zero-order valence-electron chi connectivity index (χ0n) is 14.0. The maximum atomic E-state index is 12.8. The van der Waals surface area contributed by atoms with Gasteiger partial charge in [-0.25, -0.2) is 13.2 Å². The smallest absolute Gasteiger partial charge is 0.345 e. The molecule has 1 atom stereocenters. The van der Waals surface area contributed by atoms with Gasteiger partial charge in [0.25, 0.3) is 15.9 Å². The molecule has 1 aliphatic heterocycles. The second-order valence-corrected chi connectivity index (χ2v) is 9.21. The molecule has 1 aliphatic rings. The van der Waals surface area contributed by atoms with Crippen molar-refractivity contribution < 1.29 is 23.1 Å². The third-order valence-electron chi connectivity index (χ3n) is 4.23.